The van der Waals surface area contributed by atoms with Crippen LogP contribution < -0.4 is 5.32 Å². The Labute approximate surface area is 119 Å². The Bertz CT molecular complexity index is 483. The third-order valence-electron chi connectivity index (χ3n) is 3.55. The number of nitro benzene ring substituents is 1. The standard InChI is InChI=1S/C13H15BrN2O3/c14-8-7-13(5-6-13)9-15-12(17)10-1-3-11(4-2-10)16(18)19/h1-4H,5-9H2,(H,15,17). The predicted molar refractivity (Wildman–Crippen MR) is 75.5 cm³/mol. The first-order chi connectivity index (χ1) is 9.06. The fourth-order valence-corrected chi connectivity index (χ4v) is 2.84. The fraction of sp³-hybridized carbons (Fsp3) is 0.462. The molecule has 0 atom stereocenters. The van der Waals surface area contributed by atoms with Crippen LogP contribution in [0.15, 0.2) is 24.3 Å². The normalized spacial score (nSPS) is 15.8. The van der Waals surface area contributed by atoms with Crippen LogP contribution in [0.3, 0.4) is 0 Å². The Kier molecular flexibility index (Phi) is 4.19. The fourth-order valence-electron chi connectivity index (χ4n) is 2.00. The van der Waals surface area contributed by atoms with Gasteiger partial charge in [0.15, 0.2) is 0 Å². The minimum absolute atomic E-state index is 0.00509. The van der Waals surface area contributed by atoms with Crippen molar-refractivity contribution in [2.24, 2.45) is 5.41 Å². The van der Waals surface area contributed by atoms with E-state index in [-0.39, 0.29) is 17.0 Å². The quantitative estimate of drug-likeness (QED) is 0.496. The lowest BCUT2D eigenvalue weighted by Gasteiger charge is -2.14. The molecule has 1 amide bonds. The summed E-state index contributed by atoms with van der Waals surface area (Å²) in [5, 5.41) is 14.4. The first-order valence-corrected chi connectivity index (χ1v) is 7.27. The van der Waals surface area contributed by atoms with Gasteiger partial charge in [-0.15, -0.1) is 0 Å². The molecule has 0 aliphatic heterocycles. The van der Waals surface area contributed by atoms with Gasteiger partial charge >= 0.3 is 0 Å². The largest absolute Gasteiger partial charge is 0.351 e. The van der Waals surface area contributed by atoms with Gasteiger partial charge in [0.05, 0.1) is 4.92 Å². The van der Waals surface area contributed by atoms with Crippen LogP contribution in [-0.2, 0) is 0 Å². The molecule has 0 aromatic heterocycles. The molecule has 1 aliphatic carbocycles. The predicted octanol–water partition coefficient (Wildman–Crippen LogP) is 2.89. The van der Waals surface area contributed by atoms with Gasteiger partial charge < -0.3 is 5.32 Å². The minimum atomic E-state index is -0.475. The zero-order valence-corrected chi connectivity index (χ0v) is 12.0. The van der Waals surface area contributed by atoms with Gasteiger partial charge in [0.1, 0.15) is 0 Å². The molecule has 0 saturated heterocycles. The highest BCUT2D eigenvalue weighted by atomic mass is 79.9. The number of nitro groups is 1. The summed E-state index contributed by atoms with van der Waals surface area (Å²) >= 11 is 3.42. The lowest BCUT2D eigenvalue weighted by Crippen LogP contribution is -2.30. The first-order valence-electron chi connectivity index (χ1n) is 6.15. The maximum Gasteiger partial charge on any atom is 0.269 e. The van der Waals surface area contributed by atoms with E-state index in [0.717, 1.165) is 24.6 Å². The average molecular weight is 327 g/mol. The van der Waals surface area contributed by atoms with Gasteiger partial charge in [0.25, 0.3) is 11.6 Å². The molecule has 6 heteroatoms. The van der Waals surface area contributed by atoms with E-state index in [4.69, 9.17) is 0 Å². The number of alkyl halides is 1. The van der Waals surface area contributed by atoms with Gasteiger partial charge in [-0.05, 0) is 36.8 Å². The van der Waals surface area contributed by atoms with Crippen molar-refractivity contribution in [3.8, 4) is 0 Å². The van der Waals surface area contributed by atoms with Crippen molar-refractivity contribution >= 4 is 27.5 Å². The number of hydrogen-bond donors (Lipinski definition) is 1. The molecule has 102 valence electrons. The van der Waals surface area contributed by atoms with Gasteiger partial charge in [-0.2, -0.15) is 0 Å². The van der Waals surface area contributed by atoms with Crippen LogP contribution in [-0.4, -0.2) is 22.7 Å². The maximum atomic E-state index is 11.9. The Morgan fingerprint density at radius 2 is 2.00 bits per heavy atom. The Hall–Kier alpha value is -1.43. The summed E-state index contributed by atoms with van der Waals surface area (Å²) in [7, 11) is 0. The number of carbonyl (C=O) groups excluding carboxylic acids is 1. The maximum absolute atomic E-state index is 11.9. The molecule has 5 nitrogen and oxygen atoms in total. The van der Waals surface area contributed by atoms with Gasteiger partial charge in [0.2, 0.25) is 0 Å². The molecule has 1 saturated carbocycles. The van der Waals surface area contributed by atoms with Crippen LogP contribution in [0.25, 0.3) is 0 Å². The number of amides is 1. The highest BCUT2D eigenvalue weighted by Gasteiger charge is 2.41. The van der Waals surface area contributed by atoms with E-state index in [2.05, 4.69) is 21.2 Å². The van der Waals surface area contributed by atoms with Crippen LogP contribution in [0.1, 0.15) is 29.6 Å². The van der Waals surface area contributed by atoms with Crippen LogP contribution in [0.4, 0.5) is 5.69 Å². The van der Waals surface area contributed by atoms with Gasteiger partial charge in [-0.1, -0.05) is 15.9 Å². The summed E-state index contributed by atoms with van der Waals surface area (Å²) in [4.78, 5) is 22.0. The number of benzene rings is 1. The summed E-state index contributed by atoms with van der Waals surface area (Å²) in [6.07, 6.45) is 3.37. The number of carbonyl (C=O) groups is 1. The van der Waals surface area contributed by atoms with Gasteiger partial charge in [0, 0.05) is 29.6 Å². The number of nitrogens with one attached hydrogen (secondary N) is 1. The van der Waals surface area contributed by atoms with Crippen LogP contribution in [0.5, 0.6) is 0 Å². The number of non-ortho nitro benzene ring substituents is 1. The third kappa shape index (κ3) is 3.53. The molecule has 1 fully saturated rings. The lowest BCUT2D eigenvalue weighted by molar-refractivity contribution is -0.384. The highest BCUT2D eigenvalue weighted by molar-refractivity contribution is 9.09. The van der Waals surface area contributed by atoms with Crippen molar-refractivity contribution in [1.82, 2.24) is 5.32 Å². The first kappa shape index (κ1) is 14.0. The van der Waals surface area contributed by atoms with Crippen molar-refractivity contribution in [2.75, 3.05) is 11.9 Å². The number of nitrogens with zero attached hydrogens (tertiary/aromatic N) is 1. The van der Waals surface area contributed by atoms with Crippen molar-refractivity contribution in [1.29, 1.82) is 0 Å². The zero-order valence-electron chi connectivity index (χ0n) is 10.4. The molecule has 1 aromatic carbocycles. The van der Waals surface area contributed by atoms with E-state index in [1.165, 1.54) is 24.3 Å². The second-order valence-electron chi connectivity index (χ2n) is 4.93. The summed E-state index contributed by atoms with van der Waals surface area (Å²) in [6.45, 7) is 0.675. The average Bonchev–Trinajstić information content (AvgIpc) is 3.17. The molecular weight excluding hydrogens is 312 g/mol. The molecule has 0 radical (unpaired) electrons. The molecule has 2 rings (SSSR count). The Morgan fingerprint density at radius 1 is 1.37 bits per heavy atom. The molecule has 0 heterocycles. The van der Waals surface area contributed by atoms with Gasteiger partial charge in [-0.3, -0.25) is 14.9 Å². The Morgan fingerprint density at radius 3 is 2.47 bits per heavy atom. The smallest absolute Gasteiger partial charge is 0.269 e. The summed E-state index contributed by atoms with van der Waals surface area (Å²) in [5.41, 5.74) is 0.717. The number of rotatable bonds is 6. The SMILES string of the molecule is O=C(NCC1(CCBr)CC1)c1ccc([N+](=O)[O-])cc1. The van der Waals surface area contributed by atoms with Crippen molar-refractivity contribution in [2.45, 2.75) is 19.3 Å². The monoisotopic (exact) mass is 326 g/mol. The van der Waals surface area contributed by atoms with E-state index in [9.17, 15) is 14.9 Å². The molecule has 1 N–H and O–H groups in total. The van der Waals surface area contributed by atoms with E-state index in [1.54, 1.807) is 0 Å². The highest BCUT2D eigenvalue weighted by Crippen LogP contribution is 2.48. The van der Waals surface area contributed by atoms with E-state index >= 15 is 0 Å². The molecule has 19 heavy (non-hydrogen) atoms. The zero-order chi connectivity index (χ0) is 13.9. The second kappa shape index (κ2) is 5.69. The number of hydrogen-bond acceptors (Lipinski definition) is 3. The van der Waals surface area contributed by atoms with E-state index in [1.807, 2.05) is 0 Å². The molecule has 0 unspecified atom stereocenters. The molecular formula is C13H15BrN2O3. The van der Waals surface area contributed by atoms with Crippen molar-refractivity contribution in [3.05, 3.63) is 39.9 Å². The van der Waals surface area contributed by atoms with Crippen LogP contribution >= 0.6 is 15.9 Å². The van der Waals surface area contributed by atoms with E-state index < -0.39 is 4.92 Å². The van der Waals surface area contributed by atoms with E-state index in [0.29, 0.717) is 12.1 Å². The minimum Gasteiger partial charge on any atom is -0.351 e. The van der Waals surface area contributed by atoms with Crippen LogP contribution in [0.2, 0.25) is 0 Å². The second-order valence-corrected chi connectivity index (χ2v) is 5.72. The molecule has 1 aromatic rings. The number of halogens is 1. The van der Waals surface area contributed by atoms with Crippen LogP contribution in [0, 0.1) is 15.5 Å². The Balaban J connectivity index is 1.91. The van der Waals surface area contributed by atoms with Crippen molar-refractivity contribution < 1.29 is 9.72 Å². The molecule has 0 bridgehead atoms. The summed E-state index contributed by atoms with van der Waals surface area (Å²) < 4.78 is 0. The molecule has 0 spiro atoms. The third-order valence-corrected chi connectivity index (χ3v) is 3.94. The molecule has 1 aliphatic rings. The van der Waals surface area contributed by atoms with Gasteiger partial charge in [-0.25, -0.2) is 0 Å². The van der Waals surface area contributed by atoms with Crippen molar-refractivity contribution in [3.63, 3.8) is 0 Å². The topological polar surface area (TPSA) is 72.2 Å². The lowest BCUT2D eigenvalue weighted by atomic mass is 10.0. The summed E-state index contributed by atoms with van der Waals surface area (Å²) in [5.74, 6) is -0.171. The summed E-state index contributed by atoms with van der Waals surface area (Å²) in [6, 6.07) is 5.66.